The van der Waals surface area contributed by atoms with Gasteiger partial charge in [-0.1, -0.05) is 27.2 Å². The van der Waals surface area contributed by atoms with Gasteiger partial charge in [-0.2, -0.15) is 0 Å². The zero-order valence-electron chi connectivity index (χ0n) is 9.22. The molecule has 1 aliphatic carbocycles. The number of hydrogen-bond donors (Lipinski definition) is 2. The fraction of sp³-hybridized carbons (Fsp3) is 1.00. The van der Waals surface area contributed by atoms with Crippen LogP contribution in [0.3, 0.4) is 0 Å². The van der Waals surface area contributed by atoms with Gasteiger partial charge in [-0.15, -0.1) is 0 Å². The van der Waals surface area contributed by atoms with E-state index < -0.39 is 0 Å². The van der Waals surface area contributed by atoms with Gasteiger partial charge in [0, 0.05) is 6.04 Å². The summed E-state index contributed by atoms with van der Waals surface area (Å²) in [7, 11) is 0. The summed E-state index contributed by atoms with van der Waals surface area (Å²) in [6, 6.07) is 0.546. The SMILES string of the molecule is CC(C)CC(NN)C1CCC(C)C1. The standard InChI is InChI=1S/C11H24N2/c1-8(2)6-11(13-12)10-5-4-9(3)7-10/h8-11,13H,4-7,12H2,1-3H3. The molecule has 13 heavy (non-hydrogen) atoms. The highest BCUT2D eigenvalue weighted by molar-refractivity contribution is 4.82. The highest BCUT2D eigenvalue weighted by Crippen LogP contribution is 2.34. The van der Waals surface area contributed by atoms with Gasteiger partial charge in [0.15, 0.2) is 0 Å². The van der Waals surface area contributed by atoms with Crippen LogP contribution in [0.25, 0.3) is 0 Å². The van der Waals surface area contributed by atoms with Gasteiger partial charge in [-0.05, 0) is 37.0 Å². The maximum absolute atomic E-state index is 5.60. The third kappa shape index (κ3) is 3.28. The molecule has 1 saturated carbocycles. The molecule has 0 heterocycles. The van der Waals surface area contributed by atoms with Gasteiger partial charge in [0.25, 0.3) is 0 Å². The third-order valence-electron chi connectivity index (χ3n) is 3.24. The van der Waals surface area contributed by atoms with Gasteiger partial charge in [0.05, 0.1) is 0 Å². The second-order valence-corrected chi connectivity index (χ2v) is 5.08. The van der Waals surface area contributed by atoms with E-state index in [4.69, 9.17) is 5.84 Å². The molecule has 3 N–H and O–H groups in total. The minimum absolute atomic E-state index is 0.546. The second kappa shape index (κ2) is 4.97. The maximum atomic E-state index is 5.60. The Morgan fingerprint density at radius 1 is 1.38 bits per heavy atom. The number of hydrazine groups is 1. The van der Waals surface area contributed by atoms with Crippen LogP contribution in [0.15, 0.2) is 0 Å². The fourth-order valence-electron chi connectivity index (χ4n) is 2.52. The monoisotopic (exact) mass is 184 g/mol. The second-order valence-electron chi connectivity index (χ2n) is 5.08. The number of nitrogens with one attached hydrogen (secondary N) is 1. The number of nitrogens with two attached hydrogens (primary N) is 1. The molecule has 0 aliphatic heterocycles. The van der Waals surface area contributed by atoms with Gasteiger partial charge in [0.2, 0.25) is 0 Å². The van der Waals surface area contributed by atoms with Crippen molar-refractivity contribution < 1.29 is 0 Å². The van der Waals surface area contributed by atoms with Crippen molar-refractivity contribution in [1.82, 2.24) is 5.43 Å². The fourth-order valence-corrected chi connectivity index (χ4v) is 2.52. The Kier molecular flexibility index (Phi) is 4.20. The molecule has 0 aromatic carbocycles. The number of rotatable bonds is 4. The van der Waals surface area contributed by atoms with Crippen molar-refractivity contribution in [2.75, 3.05) is 0 Å². The Morgan fingerprint density at radius 2 is 2.08 bits per heavy atom. The maximum Gasteiger partial charge on any atom is 0.0241 e. The van der Waals surface area contributed by atoms with Crippen molar-refractivity contribution in [2.24, 2.45) is 23.6 Å². The summed E-state index contributed by atoms with van der Waals surface area (Å²) in [4.78, 5) is 0. The summed E-state index contributed by atoms with van der Waals surface area (Å²) in [5, 5.41) is 0. The zero-order chi connectivity index (χ0) is 9.84. The van der Waals surface area contributed by atoms with E-state index in [0.29, 0.717) is 6.04 Å². The molecule has 0 spiro atoms. The average molecular weight is 184 g/mol. The number of hydrogen-bond acceptors (Lipinski definition) is 2. The Bertz CT molecular complexity index is 145. The first-order valence-electron chi connectivity index (χ1n) is 5.59. The molecule has 0 bridgehead atoms. The molecule has 1 fully saturated rings. The summed E-state index contributed by atoms with van der Waals surface area (Å²) in [6.45, 7) is 6.88. The van der Waals surface area contributed by atoms with Crippen molar-refractivity contribution in [3.05, 3.63) is 0 Å². The summed E-state index contributed by atoms with van der Waals surface area (Å²) < 4.78 is 0. The molecular weight excluding hydrogens is 160 g/mol. The smallest absolute Gasteiger partial charge is 0.0241 e. The van der Waals surface area contributed by atoms with E-state index in [0.717, 1.165) is 17.8 Å². The lowest BCUT2D eigenvalue weighted by molar-refractivity contribution is 0.307. The van der Waals surface area contributed by atoms with Crippen LogP contribution in [-0.4, -0.2) is 6.04 Å². The first kappa shape index (κ1) is 11.0. The Labute approximate surface area is 82.2 Å². The van der Waals surface area contributed by atoms with E-state index in [1.807, 2.05) is 0 Å². The summed E-state index contributed by atoms with van der Waals surface area (Å²) in [5.74, 6) is 8.08. The molecule has 2 nitrogen and oxygen atoms in total. The van der Waals surface area contributed by atoms with Crippen molar-refractivity contribution in [3.8, 4) is 0 Å². The zero-order valence-corrected chi connectivity index (χ0v) is 9.22. The van der Waals surface area contributed by atoms with Gasteiger partial charge < -0.3 is 0 Å². The predicted molar refractivity (Wildman–Crippen MR) is 57.1 cm³/mol. The van der Waals surface area contributed by atoms with Gasteiger partial charge in [-0.25, -0.2) is 0 Å². The third-order valence-corrected chi connectivity index (χ3v) is 3.24. The van der Waals surface area contributed by atoms with Crippen molar-refractivity contribution in [2.45, 2.75) is 52.5 Å². The van der Waals surface area contributed by atoms with Gasteiger partial charge in [-0.3, -0.25) is 11.3 Å². The largest absolute Gasteiger partial charge is 0.271 e. The lowest BCUT2D eigenvalue weighted by atomic mass is 9.91. The molecule has 78 valence electrons. The lowest BCUT2D eigenvalue weighted by Crippen LogP contribution is -2.41. The highest BCUT2D eigenvalue weighted by Gasteiger charge is 2.28. The Balaban J connectivity index is 2.37. The highest BCUT2D eigenvalue weighted by atomic mass is 15.2. The van der Waals surface area contributed by atoms with E-state index in [1.54, 1.807) is 0 Å². The van der Waals surface area contributed by atoms with Crippen LogP contribution in [0.4, 0.5) is 0 Å². The minimum Gasteiger partial charge on any atom is -0.271 e. The van der Waals surface area contributed by atoms with Crippen LogP contribution >= 0.6 is 0 Å². The molecule has 3 unspecified atom stereocenters. The normalized spacial score (nSPS) is 31.2. The Hall–Kier alpha value is -0.0800. The lowest BCUT2D eigenvalue weighted by Gasteiger charge is -2.24. The van der Waals surface area contributed by atoms with Crippen LogP contribution < -0.4 is 11.3 Å². The van der Waals surface area contributed by atoms with E-state index in [2.05, 4.69) is 26.2 Å². The van der Waals surface area contributed by atoms with Crippen LogP contribution in [0.1, 0.15) is 46.5 Å². The Morgan fingerprint density at radius 3 is 2.46 bits per heavy atom. The minimum atomic E-state index is 0.546. The van der Waals surface area contributed by atoms with Crippen LogP contribution in [0.2, 0.25) is 0 Å². The first-order valence-corrected chi connectivity index (χ1v) is 5.59. The molecular formula is C11H24N2. The average Bonchev–Trinajstić information content (AvgIpc) is 2.47. The molecule has 3 atom stereocenters. The van der Waals surface area contributed by atoms with E-state index in [1.165, 1.54) is 25.7 Å². The summed E-state index contributed by atoms with van der Waals surface area (Å²) >= 11 is 0. The molecule has 0 saturated heterocycles. The first-order chi connectivity index (χ1) is 6.13. The topological polar surface area (TPSA) is 38.0 Å². The van der Waals surface area contributed by atoms with Crippen LogP contribution in [0, 0.1) is 17.8 Å². The molecule has 1 rings (SSSR count). The summed E-state index contributed by atoms with van der Waals surface area (Å²) in [5.41, 5.74) is 3.00. The molecule has 1 aliphatic rings. The molecule has 0 aromatic rings. The summed E-state index contributed by atoms with van der Waals surface area (Å²) in [6.07, 6.45) is 5.33. The van der Waals surface area contributed by atoms with Crippen molar-refractivity contribution in [3.63, 3.8) is 0 Å². The van der Waals surface area contributed by atoms with Crippen molar-refractivity contribution >= 4 is 0 Å². The van der Waals surface area contributed by atoms with E-state index in [-0.39, 0.29) is 0 Å². The molecule has 0 aromatic heterocycles. The van der Waals surface area contributed by atoms with Crippen LogP contribution in [0.5, 0.6) is 0 Å². The molecule has 0 radical (unpaired) electrons. The van der Waals surface area contributed by atoms with E-state index >= 15 is 0 Å². The molecule has 2 heteroatoms. The van der Waals surface area contributed by atoms with E-state index in [9.17, 15) is 0 Å². The van der Waals surface area contributed by atoms with Crippen LogP contribution in [-0.2, 0) is 0 Å². The predicted octanol–water partition coefficient (Wildman–Crippen LogP) is 2.30. The van der Waals surface area contributed by atoms with Gasteiger partial charge in [0.1, 0.15) is 0 Å². The van der Waals surface area contributed by atoms with Crippen molar-refractivity contribution in [1.29, 1.82) is 0 Å². The van der Waals surface area contributed by atoms with Gasteiger partial charge >= 0.3 is 0 Å². The quantitative estimate of drug-likeness (QED) is 0.520. The molecule has 0 amide bonds.